The lowest BCUT2D eigenvalue weighted by Crippen LogP contribution is -2.64. The largest absolute Gasteiger partial charge is 0.371 e. The molecule has 1 aliphatic rings. The summed E-state index contributed by atoms with van der Waals surface area (Å²) in [6.45, 7) is 5.34. The van der Waals surface area contributed by atoms with E-state index in [2.05, 4.69) is 10.6 Å². The molecule has 0 aromatic heterocycles. The van der Waals surface area contributed by atoms with Crippen LogP contribution in [-0.4, -0.2) is 22.4 Å². The Balaban J connectivity index is 2.74. The minimum atomic E-state index is -1.08. The van der Waals surface area contributed by atoms with Crippen LogP contribution in [0.4, 0.5) is 4.79 Å². The van der Waals surface area contributed by atoms with Gasteiger partial charge in [0.15, 0.2) is 0 Å². The SMILES string of the molecule is CC1(C)CC(C)(O)NC(=O)N1. The highest BCUT2D eigenvalue weighted by Gasteiger charge is 2.37. The smallest absolute Gasteiger partial charge is 0.317 e. The molecule has 0 aliphatic carbocycles. The first-order chi connectivity index (χ1) is 4.81. The van der Waals surface area contributed by atoms with Gasteiger partial charge in [-0.05, 0) is 20.8 Å². The Labute approximate surface area is 66.0 Å². The summed E-state index contributed by atoms with van der Waals surface area (Å²) in [4.78, 5) is 10.9. The zero-order chi connectivity index (χ0) is 8.70. The molecule has 11 heavy (non-hydrogen) atoms. The molecule has 64 valence electrons. The molecule has 0 aromatic carbocycles. The van der Waals surface area contributed by atoms with Gasteiger partial charge in [0.2, 0.25) is 0 Å². The Morgan fingerprint density at radius 1 is 1.36 bits per heavy atom. The highest BCUT2D eigenvalue weighted by atomic mass is 16.3. The predicted octanol–water partition coefficient (Wildman–Crippen LogP) is 0.176. The van der Waals surface area contributed by atoms with Gasteiger partial charge in [0.25, 0.3) is 0 Å². The molecule has 0 aromatic rings. The van der Waals surface area contributed by atoms with E-state index in [1.54, 1.807) is 6.92 Å². The van der Waals surface area contributed by atoms with Gasteiger partial charge >= 0.3 is 6.03 Å². The van der Waals surface area contributed by atoms with Gasteiger partial charge in [0.05, 0.1) is 0 Å². The molecular formula is C7H14N2O2. The maximum atomic E-state index is 10.9. The Kier molecular flexibility index (Phi) is 1.59. The van der Waals surface area contributed by atoms with Gasteiger partial charge in [-0.15, -0.1) is 0 Å². The molecule has 3 N–H and O–H groups in total. The standard InChI is InChI=1S/C7H14N2O2/c1-6(2)4-7(3,11)9-5(10)8-6/h11H,4H2,1-3H3,(H2,8,9,10). The summed E-state index contributed by atoms with van der Waals surface area (Å²) in [5, 5.41) is 14.6. The molecule has 1 unspecified atom stereocenters. The van der Waals surface area contributed by atoms with Crippen molar-refractivity contribution < 1.29 is 9.90 Å². The Morgan fingerprint density at radius 3 is 2.27 bits per heavy atom. The number of nitrogens with one attached hydrogen (secondary N) is 2. The van der Waals surface area contributed by atoms with Crippen LogP contribution >= 0.6 is 0 Å². The lowest BCUT2D eigenvalue weighted by molar-refractivity contribution is -0.00922. The van der Waals surface area contributed by atoms with Crippen molar-refractivity contribution in [1.29, 1.82) is 0 Å². The van der Waals surface area contributed by atoms with E-state index >= 15 is 0 Å². The number of hydrogen-bond acceptors (Lipinski definition) is 2. The van der Waals surface area contributed by atoms with Crippen LogP contribution in [0.1, 0.15) is 27.2 Å². The third kappa shape index (κ3) is 2.08. The van der Waals surface area contributed by atoms with E-state index in [9.17, 15) is 9.90 Å². The van der Waals surface area contributed by atoms with Crippen molar-refractivity contribution in [2.24, 2.45) is 0 Å². The summed E-state index contributed by atoms with van der Waals surface area (Å²) in [6, 6.07) is -0.314. The molecule has 1 aliphatic heterocycles. The quantitative estimate of drug-likeness (QED) is 0.471. The summed E-state index contributed by atoms with van der Waals surface area (Å²) in [6.07, 6.45) is 0.506. The van der Waals surface area contributed by atoms with E-state index in [1.807, 2.05) is 13.8 Å². The molecule has 0 bridgehead atoms. The molecule has 0 radical (unpaired) electrons. The Hall–Kier alpha value is -0.770. The van der Waals surface area contributed by atoms with Crippen molar-refractivity contribution in [3.8, 4) is 0 Å². The van der Waals surface area contributed by atoms with Crippen LogP contribution in [0.5, 0.6) is 0 Å². The number of hydrogen-bond donors (Lipinski definition) is 3. The van der Waals surface area contributed by atoms with Crippen LogP contribution in [0.15, 0.2) is 0 Å². The topological polar surface area (TPSA) is 61.4 Å². The molecule has 4 nitrogen and oxygen atoms in total. The summed E-state index contributed by atoms with van der Waals surface area (Å²) in [5.74, 6) is 0. The molecule has 1 heterocycles. The molecule has 0 spiro atoms. The van der Waals surface area contributed by atoms with Crippen molar-refractivity contribution >= 4 is 6.03 Å². The maximum Gasteiger partial charge on any atom is 0.317 e. The van der Waals surface area contributed by atoms with Gasteiger partial charge in [0, 0.05) is 12.0 Å². The third-order valence-electron chi connectivity index (χ3n) is 1.62. The zero-order valence-corrected chi connectivity index (χ0v) is 7.06. The second-order valence-electron chi connectivity index (χ2n) is 3.91. The molecule has 2 amide bonds. The highest BCUT2D eigenvalue weighted by molar-refractivity contribution is 5.76. The summed E-state index contributed by atoms with van der Waals surface area (Å²) in [7, 11) is 0. The Bertz CT molecular complexity index is 169. The number of carbonyl (C=O) groups is 1. The first-order valence-electron chi connectivity index (χ1n) is 3.63. The third-order valence-corrected chi connectivity index (χ3v) is 1.62. The number of amides is 2. The highest BCUT2D eigenvalue weighted by Crippen LogP contribution is 2.21. The first kappa shape index (κ1) is 8.33. The summed E-state index contributed by atoms with van der Waals surface area (Å²) >= 11 is 0. The minimum Gasteiger partial charge on any atom is -0.371 e. The van der Waals surface area contributed by atoms with Crippen molar-refractivity contribution in [2.75, 3.05) is 0 Å². The fourth-order valence-corrected chi connectivity index (χ4v) is 1.53. The molecule has 1 atom stereocenters. The molecule has 4 heteroatoms. The monoisotopic (exact) mass is 158 g/mol. The van der Waals surface area contributed by atoms with Crippen LogP contribution in [-0.2, 0) is 0 Å². The minimum absolute atomic E-state index is 0.314. The van der Waals surface area contributed by atoms with E-state index in [0.717, 1.165) is 0 Å². The Morgan fingerprint density at radius 2 is 1.91 bits per heavy atom. The van der Waals surface area contributed by atoms with Crippen LogP contribution in [0.3, 0.4) is 0 Å². The molecule has 1 saturated heterocycles. The van der Waals surface area contributed by atoms with Crippen LogP contribution < -0.4 is 10.6 Å². The maximum absolute atomic E-state index is 10.9. The molecular weight excluding hydrogens is 144 g/mol. The average molecular weight is 158 g/mol. The van der Waals surface area contributed by atoms with Gasteiger partial charge in [-0.1, -0.05) is 0 Å². The van der Waals surface area contributed by atoms with E-state index in [0.29, 0.717) is 6.42 Å². The van der Waals surface area contributed by atoms with Crippen molar-refractivity contribution in [1.82, 2.24) is 10.6 Å². The van der Waals surface area contributed by atoms with E-state index in [1.165, 1.54) is 0 Å². The fraction of sp³-hybridized carbons (Fsp3) is 0.857. The lowest BCUT2D eigenvalue weighted by atomic mass is 9.92. The number of urea groups is 1. The van der Waals surface area contributed by atoms with Crippen molar-refractivity contribution in [3.05, 3.63) is 0 Å². The van der Waals surface area contributed by atoms with Gasteiger partial charge < -0.3 is 15.7 Å². The second kappa shape index (κ2) is 2.11. The fourth-order valence-electron chi connectivity index (χ4n) is 1.53. The van der Waals surface area contributed by atoms with Crippen LogP contribution in [0.2, 0.25) is 0 Å². The van der Waals surface area contributed by atoms with Gasteiger partial charge in [-0.2, -0.15) is 0 Å². The van der Waals surface area contributed by atoms with E-state index < -0.39 is 5.72 Å². The number of carbonyl (C=O) groups excluding carboxylic acids is 1. The van der Waals surface area contributed by atoms with Crippen LogP contribution in [0, 0.1) is 0 Å². The second-order valence-corrected chi connectivity index (χ2v) is 3.91. The van der Waals surface area contributed by atoms with Gasteiger partial charge in [0.1, 0.15) is 5.72 Å². The van der Waals surface area contributed by atoms with E-state index in [-0.39, 0.29) is 11.6 Å². The predicted molar refractivity (Wildman–Crippen MR) is 41.0 cm³/mol. The molecule has 1 fully saturated rings. The van der Waals surface area contributed by atoms with Gasteiger partial charge in [-0.25, -0.2) is 4.79 Å². The lowest BCUT2D eigenvalue weighted by Gasteiger charge is -2.40. The van der Waals surface area contributed by atoms with Crippen LogP contribution in [0.25, 0.3) is 0 Å². The number of rotatable bonds is 0. The molecule has 1 rings (SSSR count). The number of aliphatic hydroxyl groups is 1. The summed E-state index contributed by atoms with van der Waals surface area (Å²) < 4.78 is 0. The zero-order valence-electron chi connectivity index (χ0n) is 7.06. The van der Waals surface area contributed by atoms with Crippen molar-refractivity contribution in [2.45, 2.75) is 38.5 Å². The van der Waals surface area contributed by atoms with Crippen molar-refractivity contribution in [3.63, 3.8) is 0 Å². The molecule has 0 saturated carbocycles. The first-order valence-corrected chi connectivity index (χ1v) is 3.63. The summed E-state index contributed by atoms with van der Waals surface area (Å²) in [5.41, 5.74) is -1.41. The average Bonchev–Trinajstić information content (AvgIpc) is 1.49. The van der Waals surface area contributed by atoms with E-state index in [4.69, 9.17) is 0 Å². The normalized spacial score (nSPS) is 35.8. The van der Waals surface area contributed by atoms with Gasteiger partial charge in [-0.3, -0.25) is 0 Å².